The number of carbonyl (C=O) groups is 1. The van der Waals surface area contributed by atoms with Crippen molar-refractivity contribution < 1.29 is 9.53 Å². The first kappa shape index (κ1) is 24.2. The van der Waals surface area contributed by atoms with Crippen LogP contribution >= 0.6 is 0 Å². The second-order valence-electron chi connectivity index (χ2n) is 8.58. The van der Waals surface area contributed by atoms with E-state index in [4.69, 9.17) is 4.74 Å². The molecule has 1 unspecified atom stereocenters. The van der Waals surface area contributed by atoms with Gasteiger partial charge in [0.05, 0.1) is 13.2 Å². The van der Waals surface area contributed by atoms with Gasteiger partial charge in [-0.3, -0.25) is 14.7 Å². The van der Waals surface area contributed by atoms with Crippen molar-refractivity contribution in [3.63, 3.8) is 0 Å². The predicted octanol–water partition coefficient (Wildman–Crippen LogP) is 2.69. The van der Waals surface area contributed by atoms with Gasteiger partial charge in [-0.25, -0.2) is 0 Å². The van der Waals surface area contributed by atoms with E-state index in [9.17, 15) is 4.79 Å². The second kappa shape index (κ2) is 12.5. The number of carbonyl (C=O) groups excluding carboxylic acids is 1. The number of guanidine groups is 1. The molecule has 3 N–H and O–H groups in total. The average Bonchev–Trinajstić information content (AvgIpc) is 2.74. The van der Waals surface area contributed by atoms with E-state index in [1.807, 2.05) is 38.1 Å². The number of nitrogens with zero attached hydrogens (tertiary/aromatic N) is 2. The third-order valence-corrected chi connectivity index (χ3v) is 5.24. The molecule has 0 spiro atoms. The van der Waals surface area contributed by atoms with Gasteiger partial charge >= 0.3 is 0 Å². The molecular weight excluding hydrogens is 378 g/mol. The number of amides is 1. The lowest BCUT2D eigenvalue weighted by molar-refractivity contribution is -0.118. The fourth-order valence-electron chi connectivity index (χ4n) is 3.46. The number of nitrogens with one attached hydrogen (secondary N) is 3. The predicted molar refractivity (Wildman–Crippen MR) is 124 cm³/mol. The number of hydrogen-bond donors (Lipinski definition) is 3. The molecule has 1 aliphatic heterocycles. The zero-order valence-electron chi connectivity index (χ0n) is 19.2. The quantitative estimate of drug-likeness (QED) is 0.425. The van der Waals surface area contributed by atoms with E-state index in [-0.39, 0.29) is 11.8 Å². The highest BCUT2D eigenvalue weighted by atomic mass is 16.5. The van der Waals surface area contributed by atoms with Crippen molar-refractivity contribution in [2.45, 2.75) is 46.7 Å². The van der Waals surface area contributed by atoms with Gasteiger partial charge in [0.1, 0.15) is 0 Å². The Balaban J connectivity index is 1.83. The van der Waals surface area contributed by atoms with E-state index in [2.05, 4.69) is 39.7 Å². The van der Waals surface area contributed by atoms with Crippen molar-refractivity contribution in [2.24, 2.45) is 16.8 Å². The Labute approximate surface area is 181 Å². The second-order valence-corrected chi connectivity index (χ2v) is 8.58. The summed E-state index contributed by atoms with van der Waals surface area (Å²) in [5.74, 6) is 1.44. The van der Waals surface area contributed by atoms with Crippen LogP contribution in [0.3, 0.4) is 0 Å². The van der Waals surface area contributed by atoms with Crippen molar-refractivity contribution in [3.8, 4) is 0 Å². The molecule has 7 nitrogen and oxygen atoms in total. The van der Waals surface area contributed by atoms with Crippen molar-refractivity contribution in [3.05, 3.63) is 29.8 Å². The largest absolute Gasteiger partial charge is 0.379 e. The minimum absolute atomic E-state index is 0.0293. The zero-order valence-corrected chi connectivity index (χ0v) is 19.2. The van der Waals surface area contributed by atoms with E-state index in [1.165, 1.54) is 0 Å². The number of rotatable bonds is 9. The first-order valence-corrected chi connectivity index (χ1v) is 11.0. The van der Waals surface area contributed by atoms with Crippen molar-refractivity contribution >= 4 is 17.6 Å². The maximum atomic E-state index is 11.8. The Kier molecular flexibility index (Phi) is 10.1. The maximum Gasteiger partial charge on any atom is 0.226 e. The van der Waals surface area contributed by atoms with Gasteiger partial charge < -0.3 is 20.7 Å². The Hall–Kier alpha value is -2.12. The molecule has 168 valence electrons. The number of morpholine rings is 1. The van der Waals surface area contributed by atoms with Crippen LogP contribution in [0.15, 0.2) is 29.3 Å². The highest BCUT2D eigenvalue weighted by Gasteiger charge is 2.22. The Morgan fingerprint density at radius 3 is 2.33 bits per heavy atom. The molecular formula is C23H39N5O2. The van der Waals surface area contributed by atoms with Gasteiger partial charge in [0.15, 0.2) is 5.96 Å². The molecule has 2 rings (SSSR count). The number of benzene rings is 1. The number of aliphatic imine (C=N–C) groups is 1. The van der Waals surface area contributed by atoms with Crippen LogP contribution in [0.25, 0.3) is 0 Å². The summed E-state index contributed by atoms with van der Waals surface area (Å²) in [6.07, 6.45) is 1.15. The van der Waals surface area contributed by atoms with Crippen LogP contribution in [0, 0.1) is 11.8 Å². The molecule has 0 radical (unpaired) electrons. The molecule has 1 atom stereocenters. The van der Waals surface area contributed by atoms with Crippen LogP contribution in [0.2, 0.25) is 0 Å². The van der Waals surface area contributed by atoms with Crippen molar-refractivity contribution in [2.75, 3.05) is 45.2 Å². The summed E-state index contributed by atoms with van der Waals surface area (Å²) in [6.45, 7) is 13.5. The summed E-state index contributed by atoms with van der Waals surface area (Å²) >= 11 is 0. The molecule has 0 bridgehead atoms. The van der Waals surface area contributed by atoms with Gasteiger partial charge in [0.2, 0.25) is 5.91 Å². The maximum absolute atomic E-state index is 11.8. The lowest BCUT2D eigenvalue weighted by Crippen LogP contribution is -2.50. The summed E-state index contributed by atoms with van der Waals surface area (Å²) in [5.41, 5.74) is 1.95. The zero-order chi connectivity index (χ0) is 21.9. The highest BCUT2D eigenvalue weighted by molar-refractivity contribution is 5.92. The normalized spacial score (nSPS) is 16.6. The van der Waals surface area contributed by atoms with Gasteiger partial charge in [-0.05, 0) is 30.0 Å². The van der Waals surface area contributed by atoms with E-state index >= 15 is 0 Å². The van der Waals surface area contributed by atoms with Crippen molar-refractivity contribution in [1.82, 2.24) is 15.5 Å². The first-order chi connectivity index (χ1) is 14.4. The van der Waals surface area contributed by atoms with E-state index in [1.54, 1.807) is 7.05 Å². The van der Waals surface area contributed by atoms with Crippen molar-refractivity contribution in [1.29, 1.82) is 0 Å². The lowest BCUT2D eigenvalue weighted by atomic mass is 10.0. The smallest absolute Gasteiger partial charge is 0.226 e. The van der Waals surface area contributed by atoms with E-state index < -0.39 is 0 Å². The molecule has 1 aromatic carbocycles. The molecule has 1 saturated heterocycles. The summed E-state index contributed by atoms with van der Waals surface area (Å²) in [7, 11) is 1.80. The molecule has 1 fully saturated rings. The van der Waals surface area contributed by atoms with Gasteiger partial charge in [0, 0.05) is 50.9 Å². The Bertz CT molecular complexity index is 667. The molecule has 7 heteroatoms. The highest BCUT2D eigenvalue weighted by Crippen LogP contribution is 2.13. The molecule has 1 aromatic rings. The number of anilines is 1. The topological polar surface area (TPSA) is 78.0 Å². The molecule has 0 saturated carbocycles. The van der Waals surface area contributed by atoms with Crippen LogP contribution in [-0.4, -0.2) is 62.7 Å². The Morgan fingerprint density at radius 2 is 1.77 bits per heavy atom. The monoisotopic (exact) mass is 417 g/mol. The first-order valence-electron chi connectivity index (χ1n) is 11.0. The molecule has 1 aliphatic rings. The minimum Gasteiger partial charge on any atom is -0.379 e. The summed E-state index contributed by atoms with van der Waals surface area (Å²) in [5, 5.41) is 9.79. The summed E-state index contributed by atoms with van der Waals surface area (Å²) in [4.78, 5) is 18.7. The van der Waals surface area contributed by atoms with Gasteiger partial charge in [-0.15, -0.1) is 0 Å². The molecule has 1 heterocycles. The third-order valence-electron chi connectivity index (χ3n) is 5.24. The fraction of sp³-hybridized carbons (Fsp3) is 0.652. The van der Waals surface area contributed by atoms with Crippen LogP contribution in [0.1, 0.15) is 39.7 Å². The minimum atomic E-state index is -0.0299. The number of hydrogen-bond acceptors (Lipinski definition) is 4. The fourth-order valence-corrected chi connectivity index (χ4v) is 3.46. The van der Waals surface area contributed by atoms with Gasteiger partial charge in [-0.2, -0.15) is 0 Å². The van der Waals surface area contributed by atoms with E-state index in [0.29, 0.717) is 18.5 Å². The van der Waals surface area contributed by atoms with Crippen LogP contribution in [0.5, 0.6) is 0 Å². The summed E-state index contributed by atoms with van der Waals surface area (Å²) in [6, 6.07) is 8.38. The van der Waals surface area contributed by atoms with Crippen LogP contribution in [-0.2, 0) is 16.1 Å². The molecule has 1 amide bonds. The summed E-state index contributed by atoms with van der Waals surface area (Å²) < 4.78 is 5.51. The lowest BCUT2D eigenvalue weighted by Gasteiger charge is -2.35. The Morgan fingerprint density at radius 1 is 1.10 bits per heavy atom. The average molecular weight is 418 g/mol. The SMILES string of the molecule is CN=C(NCc1ccc(NC(=O)C(C)C)cc1)NCC(CC(C)C)N1CCOCC1. The number of ether oxygens (including phenoxy) is 1. The van der Waals surface area contributed by atoms with Crippen LogP contribution in [0.4, 0.5) is 5.69 Å². The molecule has 0 aromatic heterocycles. The van der Waals surface area contributed by atoms with Gasteiger partial charge in [0.25, 0.3) is 0 Å². The van der Waals surface area contributed by atoms with Gasteiger partial charge in [-0.1, -0.05) is 39.8 Å². The third kappa shape index (κ3) is 8.32. The molecule has 0 aliphatic carbocycles. The van der Waals surface area contributed by atoms with Crippen LogP contribution < -0.4 is 16.0 Å². The van der Waals surface area contributed by atoms with E-state index in [0.717, 1.165) is 56.5 Å². The molecule has 30 heavy (non-hydrogen) atoms. The standard InChI is InChI=1S/C23H39N5O2/c1-17(2)14-21(28-10-12-30-13-11-28)16-26-23(24-5)25-15-19-6-8-20(9-7-19)27-22(29)18(3)4/h6-9,17-18,21H,10-16H2,1-5H3,(H,27,29)(H2,24,25,26).